The van der Waals surface area contributed by atoms with Gasteiger partial charge in [-0.15, -0.1) is 0 Å². The number of hydrogen-bond acceptors (Lipinski definition) is 5. The summed E-state index contributed by atoms with van der Waals surface area (Å²) in [5.41, 5.74) is 4.00. The molecule has 0 atom stereocenters. The zero-order valence-corrected chi connectivity index (χ0v) is 19.7. The number of amides is 2. The van der Waals surface area contributed by atoms with E-state index < -0.39 is 0 Å². The van der Waals surface area contributed by atoms with E-state index >= 15 is 0 Å². The Hall–Kier alpha value is -3.97. The van der Waals surface area contributed by atoms with Crippen LogP contribution in [0.15, 0.2) is 77.4 Å². The van der Waals surface area contributed by atoms with Gasteiger partial charge in [-0.2, -0.15) is 0 Å². The molecule has 1 aliphatic heterocycles. The van der Waals surface area contributed by atoms with Crippen molar-refractivity contribution in [2.24, 2.45) is 0 Å². The van der Waals surface area contributed by atoms with Crippen LogP contribution < -0.4 is 5.32 Å². The molecule has 2 aromatic heterocycles. The fourth-order valence-corrected chi connectivity index (χ4v) is 4.53. The minimum absolute atomic E-state index is 0.0302. The predicted octanol–water partition coefficient (Wildman–Crippen LogP) is 4.45. The number of benzene rings is 2. The van der Waals surface area contributed by atoms with Gasteiger partial charge in [0, 0.05) is 37.3 Å². The molecule has 5 rings (SSSR count). The number of rotatable bonds is 6. The third-order valence-electron chi connectivity index (χ3n) is 6.42. The third-order valence-corrected chi connectivity index (χ3v) is 6.42. The Morgan fingerprint density at radius 1 is 0.971 bits per heavy atom. The second-order valence-corrected chi connectivity index (χ2v) is 8.68. The summed E-state index contributed by atoms with van der Waals surface area (Å²) in [5.74, 6) is 0.566. The lowest BCUT2D eigenvalue weighted by atomic mass is 10.0. The molecule has 1 saturated heterocycles. The summed E-state index contributed by atoms with van der Waals surface area (Å²) in [6, 6.07) is 21.0. The van der Waals surface area contributed by atoms with E-state index in [1.807, 2.05) is 71.6 Å². The van der Waals surface area contributed by atoms with Crippen LogP contribution in [0.1, 0.15) is 22.8 Å². The van der Waals surface area contributed by atoms with Crippen molar-refractivity contribution in [2.45, 2.75) is 13.3 Å². The first kappa shape index (κ1) is 22.8. The summed E-state index contributed by atoms with van der Waals surface area (Å²) < 4.78 is 5.52. The van der Waals surface area contributed by atoms with E-state index in [2.05, 4.69) is 22.1 Å². The van der Waals surface area contributed by atoms with Crippen LogP contribution >= 0.6 is 0 Å². The lowest BCUT2D eigenvalue weighted by Crippen LogP contribution is -2.50. The van der Waals surface area contributed by atoms with E-state index in [9.17, 15) is 9.59 Å². The van der Waals surface area contributed by atoms with E-state index in [-0.39, 0.29) is 11.8 Å². The third kappa shape index (κ3) is 4.95. The van der Waals surface area contributed by atoms with Crippen molar-refractivity contribution >= 4 is 28.4 Å². The molecule has 0 radical (unpaired) electrons. The number of para-hydroxylation sites is 2. The van der Waals surface area contributed by atoms with Crippen LogP contribution in [0.4, 0.5) is 5.69 Å². The summed E-state index contributed by atoms with van der Waals surface area (Å²) >= 11 is 0. The Balaban J connectivity index is 1.26. The average Bonchev–Trinajstić information content (AvgIpc) is 3.43. The Morgan fingerprint density at radius 2 is 1.74 bits per heavy atom. The summed E-state index contributed by atoms with van der Waals surface area (Å²) in [7, 11) is 0. The van der Waals surface area contributed by atoms with Gasteiger partial charge in [0.2, 0.25) is 5.91 Å². The molecule has 7 nitrogen and oxygen atoms in total. The molecular weight excluding hydrogens is 440 g/mol. The van der Waals surface area contributed by atoms with E-state index in [0.717, 1.165) is 28.6 Å². The quantitative estimate of drug-likeness (QED) is 0.452. The lowest BCUT2D eigenvalue weighted by molar-refractivity contribution is -0.117. The van der Waals surface area contributed by atoms with Crippen LogP contribution in [0.3, 0.4) is 0 Å². The zero-order chi connectivity index (χ0) is 24.2. The van der Waals surface area contributed by atoms with Gasteiger partial charge in [-0.25, -0.2) is 4.98 Å². The SMILES string of the molecule is CCc1ccccc1NC(=O)CN1CCN(C(=O)c2cc(-c3ccco3)nc3ccccc23)CC1. The number of carbonyl (C=O) groups excluding carboxylic acids is 2. The molecule has 1 aliphatic rings. The van der Waals surface area contributed by atoms with E-state index in [1.54, 1.807) is 6.26 Å². The van der Waals surface area contributed by atoms with Gasteiger partial charge >= 0.3 is 0 Å². The van der Waals surface area contributed by atoms with Crippen LogP contribution in [-0.2, 0) is 11.2 Å². The monoisotopic (exact) mass is 468 g/mol. The number of furan rings is 1. The number of carbonyl (C=O) groups is 2. The molecule has 1 fully saturated rings. The molecule has 7 heteroatoms. The van der Waals surface area contributed by atoms with Crippen molar-refractivity contribution in [3.63, 3.8) is 0 Å². The summed E-state index contributed by atoms with van der Waals surface area (Å²) in [6.45, 7) is 4.78. The topological polar surface area (TPSA) is 78.7 Å². The molecule has 178 valence electrons. The van der Waals surface area contributed by atoms with Gasteiger partial charge in [0.1, 0.15) is 5.69 Å². The Morgan fingerprint density at radius 3 is 2.51 bits per heavy atom. The number of anilines is 1. The number of aromatic nitrogens is 1. The molecule has 0 unspecified atom stereocenters. The van der Waals surface area contributed by atoms with Crippen LogP contribution in [0, 0.1) is 0 Å². The average molecular weight is 469 g/mol. The second kappa shape index (κ2) is 10.1. The summed E-state index contributed by atoms with van der Waals surface area (Å²) in [5, 5.41) is 3.85. The number of fused-ring (bicyclic) bond motifs is 1. The van der Waals surface area contributed by atoms with Crippen LogP contribution in [-0.4, -0.2) is 59.3 Å². The van der Waals surface area contributed by atoms with Gasteiger partial charge < -0.3 is 14.6 Å². The van der Waals surface area contributed by atoms with Gasteiger partial charge in [-0.05, 0) is 42.3 Å². The first-order chi connectivity index (χ1) is 17.1. The Kier molecular flexibility index (Phi) is 6.59. The maximum absolute atomic E-state index is 13.5. The molecular formula is C28H28N4O3. The summed E-state index contributed by atoms with van der Waals surface area (Å²) in [6.07, 6.45) is 2.46. The molecule has 1 N–H and O–H groups in total. The molecule has 35 heavy (non-hydrogen) atoms. The highest BCUT2D eigenvalue weighted by Crippen LogP contribution is 2.26. The highest BCUT2D eigenvalue weighted by atomic mass is 16.3. The second-order valence-electron chi connectivity index (χ2n) is 8.68. The van der Waals surface area contributed by atoms with Gasteiger partial charge in [-0.3, -0.25) is 14.5 Å². The van der Waals surface area contributed by atoms with Crippen molar-refractivity contribution in [3.8, 4) is 11.5 Å². The number of pyridine rings is 1. The van der Waals surface area contributed by atoms with Crippen LogP contribution in [0.2, 0.25) is 0 Å². The Labute approximate surface area is 204 Å². The first-order valence-electron chi connectivity index (χ1n) is 12.0. The molecule has 0 spiro atoms. The number of nitrogens with one attached hydrogen (secondary N) is 1. The molecule has 2 amide bonds. The highest BCUT2D eigenvalue weighted by molar-refractivity contribution is 6.07. The maximum atomic E-state index is 13.5. The van der Waals surface area contributed by atoms with Crippen LogP contribution in [0.25, 0.3) is 22.4 Å². The fourth-order valence-electron chi connectivity index (χ4n) is 4.53. The highest BCUT2D eigenvalue weighted by Gasteiger charge is 2.25. The van der Waals surface area contributed by atoms with Crippen LogP contribution in [0.5, 0.6) is 0 Å². The number of hydrogen-bond donors (Lipinski definition) is 1. The largest absolute Gasteiger partial charge is 0.463 e. The predicted molar refractivity (Wildman–Crippen MR) is 136 cm³/mol. The van der Waals surface area contributed by atoms with Crippen molar-refractivity contribution < 1.29 is 14.0 Å². The van der Waals surface area contributed by atoms with Crippen molar-refractivity contribution in [3.05, 3.63) is 84.1 Å². The normalized spacial score (nSPS) is 14.3. The number of aryl methyl sites for hydroxylation is 1. The van der Waals surface area contributed by atoms with Crippen molar-refractivity contribution in [1.82, 2.24) is 14.8 Å². The summed E-state index contributed by atoms with van der Waals surface area (Å²) in [4.78, 5) is 34.8. The smallest absolute Gasteiger partial charge is 0.254 e. The minimum Gasteiger partial charge on any atom is -0.463 e. The fraction of sp³-hybridized carbons (Fsp3) is 0.250. The molecule has 0 aliphatic carbocycles. The standard InChI is InChI=1S/C28H28N4O3/c1-2-20-8-3-5-10-23(20)30-27(33)19-31-13-15-32(16-14-31)28(34)22-18-25(26-12-7-17-35-26)29-24-11-6-4-9-21(22)24/h3-12,17-18H,2,13-16,19H2,1H3,(H,30,33). The zero-order valence-electron chi connectivity index (χ0n) is 19.7. The van der Waals surface area contributed by atoms with E-state index in [4.69, 9.17) is 4.42 Å². The van der Waals surface area contributed by atoms with Gasteiger partial charge in [0.05, 0.1) is 23.9 Å². The Bertz CT molecular complexity index is 1340. The van der Waals surface area contributed by atoms with E-state index in [0.29, 0.717) is 49.7 Å². The van der Waals surface area contributed by atoms with Gasteiger partial charge in [0.15, 0.2) is 5.76 Å². The molecule has 3 heterocycles. The molecule has 4 aromatic rings. The van der Waals surface area contributed by atoms with Gasteiger partial charge in [-0.1, -0.05) is 43.3 Å². The van der Waals surface area contributed by atoms with Crippen molar-refractivity contribution in [2.75, 3.05) is 38.0 Å². The number of piperazine rings is 1. The molecule has 0 saturated carbocycles. The molecule has 0 bridgehead atoms. The van der Waals surface area contributed by atoms with Crippen molar-refractivity contribution in [1.29, 1.82) is 0 Å². The lowest BCUT2D eigenvalue weighted by Gasteiger charge is -2.34. The minimum atomic E-state index is -0.0334. The number of nitrogens with zero attached hydrogens (tertiary/aromatic N) is 3. The maximum Gasteiger partial charge on any atom is 0.254 e. The molecule has 2 aromatic carbocycles. The van der Waals surface area contributed by atoms with E-state index in [1.165, 1.54) is 0 Å². The van der Waals surface area contributed by atoms with Gasteiger partial charge in [0.25, 0.3) is 5.91 Å². The first-order valence-corrected chi connectivity index (χ1v) is 12.0.